The van der Waals surface area contributed by atoms with Crippen LogP contribution in [-0.2, 0) is 4.79 Å². The molecule has 6 nitrogen and oxygen atoms in total. The molecule has 0 atom stereocenters. The minimum Gasteiger partial charge on any atom is -0.491 e. The van der Waals surface area contributed by atoms with Crippen LogP contribution in [0.3, 0.4) is 0 Å². The van der Waals surface area contributed by atoms with E-state index in [4.69, 9.17) is 14.2 Å². The van der Waals surface area contributed by atoms with Gasteiger partial charge in [0, 0.05) is 17.4 Å². The van der Waals surface area contributed by atoms with E-state index >= 15 is 0 Å². The van der Waals surface area contributed by atoms with E-state index in [-0.39, 0.29) is 18.6 Å². The standard InChI is InChI=1S/C25H28N2O4/c1-19(2)31-24-10-6-7-21(17-24)27-25(28)18-26-20-11-13-23(14-12-20)30-16-15-29-22-8-4-3-5-9-22/h3-14,17,19,26H,15-16,18H2,1-2H3,(H,27,28). The first-order chi connectivity index (χ1) is 15.1. The van der Waals surface area contributed by atoms with Gasteiger partial charge in [-0.05, 0) is 62.4 Å². The number of nitrogens with one attached hydrogen (secondary N) is 2. The van der Waals surface area contributed by atoms with Crippen molar-refractivity contribution in [1.82, 2.24) is 0 Å². The summed E-state index contributed by atoms with van der Waals surface area (Å²) in [5, 5.41) is 5.97. The number of rotatable bonds is 11. The highest BCUT2D eigenvalue weighted by Gasteiger charge is 2.05. The van der Waals surface area contributed by atoms with Crippen LogP contribution in [0.15, 0.2) is 78.9 Å². The van der Waals surface area contributed by atoms with Gasteiger partial charge in [-0.2, -0.15) is 0 Å². The molecule has 0 fully saturated rings. The van der Waals surface area contributed by atoms with E-state index < -0.39 is 0 Å². The molecule has 0 aliphatic heterocycles. The van der Waals surface area contributed by atoms with E-state index in [1.807, 2.05) is 92.7 Å². The van der Waals surface area contributed by atoms with E-state index in [9.17, 15) is 4.79 Å². The van der Waals surface area contributed by atoms with Crippen molar-refractivity contribution in [2.75, 3.05) is 30.4 Å². The number of benzene rings is 3. The van der Waals surface area contributed by atoms with Crippen LogP contribution in [0.4, 0.5) is 11.4 Å². The molecule has 0 saturated heterocycles. The zero-order chi connectivity index (χ0) is 21.9. The molecule has 0 heterocycles. The SMILES string of the molecule is CC(C)Oc1cccc(NC(=O)CNc2ccc(OCCOc3ccccc3)cc2)c1. The highest BCUT2D eigenvalue weighted by molar-refractivity contribution is 5.93. The van der Waals surface area contributed by atoms with Crippen LogP contribution in [0.25, 0.3) is 0 Å². The fourth-order valence-electron chi connectivity index (χ4n) is 2.81. The van der Waals surface area contributed by atoms with Crippen molar-refractivity contribution in [2.45, 2.75) is 20.0 Å². The van der Waals surface area contributed by atoms with Gasteiger partial charge in [-0.25, -0.2) is 0 Å². The molecule has 3 rings (SSSR count). The summed E-state index contributed by atoms with van der Waals surface area (Å²) in [7, 11) is 0. The Labute approximate surface area is 183 Å². The second-order valence-corrected chi connectivity index (χ2v) is 7.13. The fraction of sp³-hybridized carbons (Fsp3) is 0.240. The highest BCUT2D eigenvalue weighted by atomic mass is 16.5. The first-order valence-electron chi connectivity index (χ1n) is 10.3. The lowest BCUT2D eigenvalue weighted by Gasteiger charge is -2.12. The highest BCUT2D eigenvalue weighted by Crippen LogP contribution is 2.19. The van der Waals surface area contributed by atoms with Crippen molar-refractivity contribution in [3.63, 3.8) is 0 Å². The van der Waals surface area contributed by atoms with Crippen LogP contribution in [-0.4, -0.2) is 31.8 Å². The second kappa shape index (κ2) is 11.5. The zero-order valence-corrected chi connectivity index (χ0v) is 17.8. The normalized spacial score (nSPS) is 10.4. The zero-order valence-electron chi connectivity index (χ0n) is 17.8. The number of anilines is 2. The maximum absolute atomic E-state index is 12.2. The fourth-order valence-corrected chi connectivity index (χ4v) is 2.81. The van der Waals surface area contributed by atoms with Crippen LogP contribution in [0.1, 0.15) is 13.8 Å². The number of ether oxygens (including phenoxy) is 3. The van der Waals surface area contributed by atoms with E-state index in [2.05, 4.69) is 10.6 Å². The average molecular weight is 421 g/mol. The van der Waals surface area contributed by atoms with E-state index in [1.54, 1.807) is 0 Å². The van der Waals surface area contributed by atoms with E-state index in [0.717, 1.165) is 22.9 Å². The van der Waals surface area contributed by atoms with Crippen LogP contribution in [0, 0.1) is 0 Å². The summed E-state index contributed by atoms with van der Waals surface area (Å²) in [6.07, 6.45) is 0.0796. The lowest BCUT2D eigenvalue weighted by molar-refractivity contribution is -0.114. The number of hydrogen-bond donors (Lipinski definition) is 2. The van der Waals surface area contributed by atoms with Gasteiger partial charge >= 0.3 is 0 Å². The molecule has 3 aromatic carbocycles. The van der Waals surface area contributed by atoms with Crippen LogP contribution in [0.5, 0.6) is 17.2 Å². The van der Waals surface area contributed by atoms with Gasteiger partial charge in [-0.1, -0.05) is 24.3 Å². The van der Waals surface area contributed by atoms with Gasteiger partial charge in [0.1, 0.15) is 30.5 Å². The Kier molecular flexibility index (Phi) is 8.17. The van der Waals surface area contributed by atoms with Crippen molar-refractivity contribution < 1.29 is 19.0 Å². The second-order valence-electron chi connectivity index (χ2n) is 7.13. The van der Waals surface area contributed by atoms with Crippen LogP contribution < -0.4 is 24.8 Å². The van der Waals surface area contributed by atoms with Gasteiger partial charge in [-0.3, -0.25) is 4.79 Å². The summed E-state index contributed by atoms with van der Waals surface area (Å²) in [6, 6.07) is 24.4. The number of para-hydroxylation sites is 1. The van der Waals surface area contributed by atoms with E-state index in [1.165, 1.54) is 0 Å². The molecular formula is C25H28N2O4. The summed E-state index contributed by atoms with van der Waals surface area (Å²) in [6.45, 7) is 4.99. The molecule has 0 aliphatic rings. The van der Waals surface area contributed by atoms with Gasteiger partial charge in [0.15, 0.2) is 0 Å². The predicted molar refractivity (Wildman–Crippen MR) is 123 cm³/mol. The molecular weight excluding hydrogens is 392 g/mol. The number of amides is 1. The van der Waals surface area contributed by atoms with Gasteiger partial charge in [0.2, 0.25) is 5.91 Å². The van der Waals surface area contributed by atoms with Crippen molar-refractivity contribution in [2.24, 2.45) is 0 Å². The summed E-state index contributed by atoms with van der Waals surface area (Å²) in [4.78, 5) is 12.2. The van der Waals surface area contributed by atoms with Crippen molar-refractivity contribution >= 4 is 17.3 Å². The van der Waals surface area contributed by atoms with Crippen molar-refractivity contribution in [3.05, 3.63) is 78.9 Å². The predicted octanol–water partition coefficient (Wildman–Crippen LogP) is 4.98. The molecule has 162 valence electrons. The molecule has 1 amide bonds. The summed E-state index contributed by atoms with van der Waals surface area (Å²) in [5.41, 5.74) is 1.53. The monoisotopic (exact) mass is 420 g/mol. The Morgan fingerprint density at radius 1 is 0.774 bits per heavy atom. The molecule has 0 aromatic heterocycles. The molecule has 6 heteroatoms. The molecule has 0 radical (unpaired) electrons. The Balaban J connectivity index is 1.38. The maximum atomic E-state index is 12.2. The van der Waals surface area contributed by atoms with E-state index in [0.29, 0.717) is 18.9 Å². The lowest BCUT2D eigenvalue weighted by atomic mass is 10.3. The van der Waals surface area contributed by atoms with Crippen molar-refractivity contribution in [1.29, 1.82) is 0 Å². The number of carbonyl (C=O) groups excluding carboxylic acids is 1. The Hall–Kier alpha value is -3.67. The Bertz CT molecular complexity index is 943. The first kappa shape index (κ1) is 22.0. The van der Waals surface area contributed by atoms with Crippen LogP contribution in [0.2, 0.25) is 0 Å². The first-order valence-corrected chi connectivity index (χ1v) is 10.3. The van der Waals surface area contributed by atoms with Crippen LogP contribution >= 0.6 is 0 Å². The smallest absolute Gasteiger partial charge is 0.243 e. The third-order valence-electron chi connectivity index (χ3n) is 4.16. The summed E-state index contributed by atoms with van der Waals surface area (Å²) in [5.74, 6) is 2.15. The summed E-state index contributed by atoms with van der Waals surface area (Å²) >= 11 is 0. The minimum atomic E-state index is -0.139. The summed E-state index contributed by atoms with van der Waals surface area (Å²) < 4.78 is 16.9. The molecule has 0 unspecified atom stereocenters. The average Bonchev–Trinajstić information content (AvgIpc) is 2.77. The number of carbonyl (C=O) groups is 1. The third kappa shape index (κ3) is 7.93. The maximum Gasteiger partial charge on any atom is 0.243 e. The molecule has 31 heavy (non-hydrogen) atoms. The molecule has 0 spiro atoms. The molecule has 0 aliphatic carbocycles. The quantitative estimate of drug-likeness (QED) is 0.428. The van der Waals surface area contributed by atoms with Crippen molar-refractivity contribution in [3.8, 4) is 17.2 Å². The lowest BCUT2D eigenvalue weighted by Crippen LogP contribution is -2.21. The molecule has 2 N–H and O–H groups in total. The minimum absolute atomic E-state index is 0.0796. The molecule has 0 saturated carbocycles. The van der Waals surface area contributed by atoms with Gasteiger partial charge < -0.3 is 24.8 Å². The van der Waals surface area contributed by atoms with Gasteiger partial charge in [0.25, 0.3) is 0 Å². The topological polar surface area (TPSA) is 68.8 Å². The van der Waals surface area contributed by atoms with Gasteiger partial charge in [-0.15, -0.1) is 0 Å². The molecule has 3 aromatic rings. The van der Waals surface area contributed by atoms with Gasteiger partial charge in [0.05, 0.1) is 12.6 Å². The largest absolute Gasteiger partial charge is 0.491 e. The number of hydrogen-bond acceptors (Lipinski definition) is 5. The molecule has 0 bridgehead atoms. The Morgan fingerprint density at radius 3 is 2.10 bits per heavy atom. The Morgan fingerprint density at radius 2 is 1.42 bits per heavy atom. The third-order valence-corrected chi connectivity index (χ3v) is 4.16.